The second kappa shape index (κ2) is 7.70. The standard InChI is InChI=1S/C19H21N5OS/c1-5-9-23-14(3)11-17(15(23)4)18(25)12-26-19-20-21-22-24(19)16-8-6-7-13(2)10-16/h5-8,10-11H,1,9,12H2,2-4H3. The molecule has 0 radical (unpaired) electrons. The Kier molecular flexibility index (Phi) is 5.37. The summed E-state index contributed by atoms with van der Waals surface area (Å²) in [7, 11) is 0. The summed E-state index contributed by atoms with van der Waals surface area (Å²) in [4.78, 5) is 12.7. The Bertz CT molecular complexity index is 957. The van der Waals surface area contributed by atoms with Crippen LogP contribution in [0.3, 0.4) is 0 Å². The van der Waals surface area contributed by atoms with Crippen molar-refractivity contribution in [1.82, 2.24) is 24.8 Å². The van der Waals surface area contributed by atoms with Gasteiger partial charge in [-0.2, -0.15) is 4.68 Å². The molecular weight excluding hydrogens is 346 g/mol. The zero-order valence-corrected chi connectivity index (χ0v) is 16.0. The van der Waals surface area contributed by atoms with E-state index in [0.29, 0.717) is 11.7 Å². The maximum absolute atomic E-state index is 12.7. The number of tetrazole rings is 1. The third-order valence-corrected chi connectivity index (χ3v) is 5.12. The molecule has 0 unspecified atom stereocenters. The first-order valence-corrected chi connectivity index (χ1v) is 9.29. The third kappa shape index (κ3) is 3.62. The van der Waals surface area contributed by atoms with Crippen LogP contribution in [0.2, 0.25) is 0 Å². The number of nitrogens with zero attached hydrogens (tertiary/aromatic N) is 5. The van der Waals surface area contributed by atoms with Crippen molar-refractivity contribution < 1.29 is 4.79 Å². The number of hydrogen-bond acceptors (Lipinski definition) is 5. The zero-order chi connectivity index (χ0) is 18.7. The number of ketones is 1. The van der Waals surface area contributed by atoms with Gasteiger partial charge in [-0.15, -0.1) is 11.7 Å². The lowest BCUT2D eigenvalue weighted by molar-refractivity contribution is 0.102. The Morgan fingerprint density at radius 3 is 2.81 bits per heavy atom. The molecule has 2 aromatic heterocycles. The molecule has 26 heavy (non-hydrogen) atoms. The average molecular weight is 367 g/mol. The maximum Gasteiger partial charge on any atom is 0.214 e. The van der Waals surface area contributed by atoms with E-state index in [9.17, 15) is 4.79 Å². The van der Waals surface area contributed by atoms with Gasteiger partial charge in [0.05, 0.1) is 11.4 Å². The van der Waals surface area contributed by atoms with Crippen LogP contribution in [0, 0.1) is 20.8 Å². The van der Waals surface area contributed by atoms with Gasteiger partial charge in [0.15, 0.2) is 5.78 Å². The van der Waals surface area contributed by atoms with Gasteiger partial charge in [0.25, 0.3) is 0 Å². The predicted octanol–water partition coefficient (Wildman–Crippen LogP) is 3.55. The van der Waals surface area contributed by atoms with E-state index in [-0.39, 0.29) is 11.5 Å². The van der Waals surface area contributed by atoms with Gasteiger partial charge in [-0.05, 0) is 55.0 Å². The Balaban J connectivity index is 1.76. The van der Waals surface area contributed by atoms with Gasteiger partial charge in [-0.1, -0.05) is 30.0 Å². The van der Waals surface area contributed by atoms with Crippen LogP contribution in [0.25, 0.3) is 5.69 Å². The van der Waals surface area contributed by atoms with Crippen LogP contribution in [-0.4, -0.2) is 36.3 Å². The van der Waals surface area contributed by atoms with E-state index in [1.54, 1.807) is 4.68 Å². The number of benzene rings is 1. The lowest BCUT2D eigenvalue weighted by Crippen LogP contribution is -2.07. The predicted molar refractivity (Wildman–Crippen MR) is 103 cm³/mol. The minimum absolute atomic E-state index is 0.0669. The van der Waals surface area contributed by atoms with E-state index in [1.807, 2.05) is 57.2 Å². The topological polar surface area (TPSA) is 65.6 Å². The number of thioether (sulfide) groups is 1. The molecule has 3 aromatic rings. The van der Waals surface area contributed by atoms with Gasteiger partial charge in [0.2, 0.25) is 5.16 Å². The fraction of sp³-hybridized carbons (Fsp3) is 0.263. The summed E-state index contributed by atoms with van der Waals surface area (Å²) in [5.74, 6) is 0.349. The number of Topliss-reactive ketones (excluding diaryl/α,β-unsaturated/α-hetero) is 1. The van der Waals surface area contributed by atoms with Crippen molar-refractivity contribution in [2.75, 3.05) is 5.75 Å². The Labute approximate surface area is 156 Å². The molecule has 0 atom stereocenters. The van der Waals surface area contributed by atoms with E-state index in [1.165, 1.54) is 11.8 Å². The van der Waals surface area contributed by atoms with E-state index in [0.717, 1.165) is 28.2 Å². The highest BCUT2D eigenvalue weighted by Crippen LogP contribution is 2.22. The highest BCUT2D eigenvalue weighted by atomic mass is 32.2. The number of hydrogen-bond donors (Lipinski definition) is 0. The van der Waals surface area contributed by atoms with Crippen LogP contribution in [0.15, 0.2) is 48.1 Å². The van der Waals surface area contributed by atoms with Crippen molar-refractivity contribution in [2.24, 2.45) is 0 Å². The molecule has 1 aromatic carbocycles. The summed E-state index contributed by atoms with van der Waals surface area (Å²) in [5.41, 5.74) is 4.77. The van der Waals surface area contributed by atoms with Gasteiger partial charge in [0, 0.05) is 23.5 Å². The quantitative estimate of drug-likeness (QED) is 0.363. The number of aryl methyl sites for hydroxylation is 2. The second-order valence-corrected chi connectivity index (χ2v) is 7.05. The molecule has 0 amide bonds. The number of aromatic nitrogens is 5. The van der Waals surface area contributed by atoms with E-state index >= 15 is 0 Å². The summed E-state index contributed by atoms with van der Waals surface area (Å²) >= 11 is 1.34. The molecule has 6 nitrogen and oxygen atoms in total. The summed E-state index contributed by atoms with van der Waals surface area (Å²) in [6, 6.07) is 9.86. The molecule has 2 heterocycles. The number of carbonyl (C=O) groups is 1. The van der Waals surface area contributed by atoms with Crippen LogP contribution in [0.4, 0.5) is 0 Å². The zero-order valence-electron chi connectivity index (χ0n) is 15.1. The minimum Gasteiger partial charge on any atom is -0.345 e. The maximum atomic E-state index is 12.7. The number of allylic oxidation sites excluding steroid dienone is 1. The molecule has 0 aliphatic rings. The van der Waals surface area contributed by atoms with Crippen molar-refractivity contribution in [2.45, 2.75) is 32.5 Å². The largest absolute Gasteiger partial charge is 0.345 e. The molecule has 0 N–H and O–H groups in total. The highest BCUT2D eigenvalue weighted by Gasteiger charge is 2.17. The van der Waals surface area contributed by atoms with Crippen molar-refractivity contribution >= 4 is 17.5 Å². The molecule has 0 fully saturated rings. The van der Waals surface area contributed by atoms with E-state index in [2.05, 4.69) is 26.7 Å². The number of rotatable bonds is 7. The van der Waals surface area contributed by atoms with Crippen LogP contribution in [-0.2, 0) is 6.54 Å². The Hall–Kier alpha value is -2.67. The molecule has 0 bridgehead atoms. The minimum atomic E-state index is 0.0669. The van der Waals surface area contributed by atoms with Crippen molar-refractivity contribution in [3.8, 4) is 5.69 Å². The van der Waals surface area contributed by atoms with E-state index < -0.39 is 0 Å². The van der Waals surface area contributed by atoms with Crippen LogP contribution in [0.1, 0.15) is 27.3 Å². The summed E-state index contributed by atoms with van der Waals surface area (Å²) in [5, 5.41) is 12.5. The third-order valence-electron chi connectivity index (χ3n) is 4.21. The van der Waals surface area contributed by atoms with Crippen molar-refractivity contribution in [3.05, 3.63) is 65.5 Å². The normalized spacial score (nSPS) is 10.9. The molecule has 134 valence electrons. The fourth-order valence-corrected chi connectivity index (χ4v) is 3.67. The first-order chi connectivity index (χ1) is 12.5. The molecular formula is C19H21N5OS. The van der Waals surface area contributed by atoms with Gasteiger partial charge in [0.1, 0.15) is 0 Å². The monoisotopic (exact) mass is 367 g/mol. The van der Waals surface area contributed by atoms with E-state index in [4.69, 9.17) is 0 Å². The van der Waals surface area contributed by atoms with Crippen molar-refractivity contribution in [1.29, 1.82) is 0 Å². The lowest BCUT2D eigenvalue weighted by Gasteiger charge is -2.06. The Morgan fingerprint density at radius 1 is 1.27 bits per heavy atom. The lowest BCUT2D eigenvalue weighted by atomic mass is 10.2. The van der Waals surface area contributed by atoms with Crippen LogP contribution < -0.4 is 0 Å². The molecule has 0 saturated heterocycles. The fourth-order valence-electron chi connectivity index (χ4n) is 2.89. The molecule has 3 rings (SSSR count). The molecule has 0 saturated carbocycles. The van der Waals surface area contributed by atoms with Gasteiger partial charge >= 0.3 is 0 Å². The van der Waals surface area contributed by atoms with Crippen molar-refractivity contribution in [3.63, 3.8) is 0 Å². The average Bonchev–Trinajstić information content (AvgIpc) is 3.20. The second-order valence-electron chi connectivity index (χ2n) is 6.11. The molecule has 0 spiro atoms. The summed E-state index contributed by atoms with van der Waals surface area (Å²) in [6.45, 7) is 10.4. The summed E-state index contributed by atoms with van der Waals surface area (Å²) < 4.78 is 3.74. The first-order valence-electron chi connectivity index (χ1n) is 8.30. The first kappa shape index (κ1) is 18.1. The summed E-state index contributed by atoms with van der Waals surface area (Å²) in [6.07, 6.45) is 1.83. The molecule has 7 heteroatoms. The SMILES string of the molecule is C=CCn1c(C)cc(C(=O)CSc2nnnn2-c2cccc(C)c2)c1C. The van der Waals surface area contributed by atoms with Crippen LogP contribution >= 0.6 is 11.8 Å². The number of carbonyl (C=O) groups excluding carboxylic acids is 1. The van der Waals surface area contributed by atoms with Crippen LogP contribution in [0.5, 0.6) is 0 Å². The van der Waals surface area contributed by atoms with Gasteiger partial charge in [-0.3, -0.25) is 4.79 Å². The highest BCUT2D eigenvalue weighted by molar-refractivity contribution is 7.99. The smallest absolute Gasteiger partial charge is 0.214 e. The molecule has 0 aliphatic heterocycles. The van der Waals surface area contributed by atoms with Gasteiger partial charge in [-0.25, -0.2) is 0 Å². The van der Waals surface area contributed by atoms with Gasteiger partial charge < -0.3 is 4.57 Å². The molecule has 0 aliphatic carbocycles. The Morgan fingerprint density at radius 2 is 2.08 bits per heavy atom.